The van der Waals surface area contributed by atoms with Gasteiger partial charge in [-0.3, -0.25) is 4.79 Å². The van der Waals surface area contributed by atoms with Crippen molar-refractivity contribution in [1.82, 2.24) is 0 Å². The Labute approximate surface area is 78.4 Å². The lowest BCUT2D eigenvalue weighted by molar-refractivity contribution is 0.112. The highest BCUT2D eigenvalue weighted by Gasteiger charge is 2.09. The van der Waals surface area contributed by atoms with Gasteiger partial charge in [-0.15, -0.1) is 11.3 Å². The van der Waals surface area contributed by atoms with E-state index in [1.54, 1.807) is 0 Å². The van der Waals surface area contributed by atoms with Crippen molar-refractivity contribution in [2.75, 3.05) is 5.73 Å². The smallest absolute Gasteiger partial charge is 0.155 e. The summed E-state index contributed by atoms with van der Waals surface area (Å²) in [5.74, 6) is -0.0533. The molecule has 0 atom stereocenters. The third-order valence-electron chi connectivity index (χ3n) is 1.91. The van der Waals surface area contributed by atoms with E-state index >= 15 is 0 Å². The first-order chi connectivity index (χ1) is 6.24. The summed E-state index contributed by atoms with van der Waals surface area (Å²) in [6, 6.07) is 3.24. The number of aromatic hydroxyl groups is 1. The molecule has 0 radical (unpaired) electrons. The second-order valence-corrected chi connectivity index (χ2v) is 3.60. The molecule has 2 aromatic rings. The maximum atomic E-state index is 10.7. The van der Waals surface area contributed by atoms with Gasteiger partial charge in [0.2, 0.25) is 0 Å². The van der Waals surface area contributed by atoms with E-state index in [0.717, 1.165) is 10.1 Å². The molecule has 0 amide bonds. The average Bonchev–Trinajstić information content (AvgIpc) is 2.53. The van der Waals surface area contributed by atoms with E-state index in [4.69, 9.17) is 5.73 Å². The summed E-state index contributed by atoms with van der Waals surface area (Å²) in [6.07, 6.45) is 0.646. The number of phenolic OH excluding ortho intramolecular Hbond substituents is 1. The van der Waals surface area contributed by atoms with Gasteiger partial charge in [-0.1, -0.05) is 0 Å². The molecule has 0 saturated carbocycles. The molecule has 0 unspecified atom stereocenters. The highest BCUT2D eigenvalue weighted by Crippen LogP contribution is 2.34. The molecule has 0 saturated heterocycles. The number of phenols is 1. The minimum Gasteiger partial charge on any atom is -0.507 e. The van der Waals surface area contributed by atoms with Gasteiger partial charge in [-0.25, -0.2) is 0 Å². The largest absolute Gasteiger partial charge is 0.507 e. The molecule has 2 rings (SSSR count). The summed E-state index contributed by atoms with van der Waals surface area (Å²) in [6.45, 7) is 0. The third kappa shape index (κ3) is 1.07. The minimum atomic E-state index is -0.0533. The van der Waals surface area contributed by atoms with Crippen LogP contribution < -0.4 is 5.73 Å². The number of carbonyl (C=O) groups excluding carboxylic acids is 1. The van der Waals surface area contributed by atoms with Crippen LogP contribution in [0.2, 0.25) is 0 Å². The number of aldehydes is 1. The minimum absolute atomic E-state index is 0.0533. The summed E-state index contributed by atoms with van der Waals surface area (Å²) < 4.78 is 0.743. The molecule has 3 N–H and O–H groups in total. The number of benzene rings is 1. The Morgan fingerprint density at radius 3 is 3.00 bits per heavy atom. The Balaban J connectivity index is 2.96. The molecule has 4 heteroatoms. The summed E-state index contributed by atoms with van der Waals surface area (Å²) in [5.41, 5.74) is 6.47. The predicted molar refractivity (Wildman–Crippen MR) is 53.3 cm³/mol. The molecule has 1 heterocycles. The predicted octanol–water partition coefficient (Wildman–Crippen LogP) is 2.00. The van der Waals surface area contributed by atoms with Crippen LogP contribution in [0.1, 0.15) is 10.4 Å². The molecule has 0 spiro atoms. The van der Waals surface area contributed by atoms with Gasteiger partial charge >= 0.3 is 0 Å². The number of anilines is 1. The van der Waals surface area contributed by atoms with Crippen LogP contribution >= 0.6 is 11.3 Å². The molecule has 66 valence electrons. The van der Waals surface area contributed by atoms with Crippen LogP contribution in [0.25, 0.3) is 10.1 Å². The van der Waals surface area contributed by atoms with E-state index in [2.05, 4.69) is 0 Å². The monoisotopic (exact) mass is 193 g/mol. The zero-order valence-electron chi connectivity index (χ0n) is 6.65. The van der Waals surface area contributed by atoms with Gasteiger partial charge in [0.25, 0.3) is 0 Å². The first kappa shape index (κ1) is 8.07. The van der Waals surface area contributed by atoms with E-state index in [0.29, 0.717) is 17.5 Å². The Bertz CT molecular complexity index is 476. The molecule has 3 nitrogen and oxygen atoms in total. The Kier molecular flexibility index (Phi) is 1.70. The number of rotatable bonds is 1. The zero-order chi connectivity index (χ0) is 9.42. The van der Waals surface area contributed by atoms with Gasteiger partial charge in [-0.05, 0) is 11.4 Å². The fourth-order valence-electron chi connectivity index (χ4n) is 1.28. The Morgan fingerprint density at radius 1 is 1.54 bits per heavy atom. The maximum absolute atomic E-state index is 10.7. The molecule has 0 fully saturated rings. The van der Waals surface area contributed by atoms with Crippen molar-refractivity contribution in [2.24, 2.45) is 0 Å². The van der Waals surface area contributed by atoms with Crippen molar-refractivity contribution >= 4 is 33.4 Å². The molecule has 0 aliphatic carbocycles. The Morgan fingerprint density at radius 2 is 2.31 bits per heavy atom. The summed E-state index contributed by atoms with van der Waals surface area (Å²) >= 11 is 1.40. The molecule has 0 aliphatic rings. The molecule has 0 bridgehead atoms. The van der Waals surface area contributed by atoms with Gasteiger partial charge in [0.05, 0.1) is 10.3 Å². The standard InChI is InChI=1S/C9H7NO2S/c10-7-3-8(12)6(4-11)9-5(7)1-2-13-9/h1-4,12H,10H2. The molecular formula is C9H7NO2S. The zero-order valence-corrected chi connectivity index (χ0v) is 7.47. The third-order valence-corrected chi connectivity index (χ3v) is 2.85. The van der Waals surface area contributed by atoms with E-state index < -0.39 is 0 Å². The highest BCUT2D eigenvalue weighted by atomic mass is 32.1. The lowest BCUT2D eigenvalue weighted by Gasteiger charge is -2.01. The molecule has 1 aromatic carbocycles. The van der Waals surface area contributed by atoms with Crippen molar-refractivity contribution in [3.63, 3.8) is 0 Å². The SMILES string of the molecule is Nc1cc(O)c(C=O)c2sccc12. The fourth-order valence-corrected chi connectivity index (χ4v) is 2.21. The summed E-state index contributed by atoms with van der Waals surface area (Å²) in [5, 5.41) is 12.1. The number of nitrogens with two attached hydrogens (primary N) is 1. The van der Waals surface area contributed by atoms with E-state index in [1.807, 2.05) is 11.4 Å². The van der Waals surface area contributed by atoms with Crippen molar-refractivity contribution in [1.29, 1.82) is 0 Å². The van der Waals surface area contributed by atoms with E-state index in [-0.39, 0.29) is 5.75 Å². The van der Waals surface area contributed by atoms with Crippen LogP contribution in [0.5, 0.6) is 5.75 Å². The van der Waals surface area contributed by atoms with Crippen molar-refractivity contribution in [3.8, 4) is 5.75 Å². The van der Waals surface area contributed by atoms with Crippen molar-refractivity contribution < 1.29 is 9.90 Å². The highest BCUT2D eigenvalue weighted by molar-refractivity contribution is 7.17. The van der Waals surface area contributed by atoms with E-state index in [1.165, 1.54) is 17.4 Å². The van der Waals surface area contributed by atoms with Gasteiger partial charge < -0.3 is 10.8 Å². The quantitative estimate of drug-likeness (QED) is 0.537. The number of carbonyl (C=O) groups is 1. The van der Waals surface area contributed by atoms with Crippen molar-refractivity contribution in [3.05, 3.63) is 23.1 Å². The van der Waals surface area contributed by atoms with Crippen LogP contribution in [0.15, 0.2) is 17.5 Å². The maximum Gasteiger partial charge on any atom is 0.155 e. The second-order valence-electron chi connectivity index (χ2n) is 2.68. The number of hydrogen-bond acceptors (Lipinski definition) is 4. The van der Waals surface area contributed by atoms with Crippen LogP contribution in [0, 0.1) is 0 Å². The first-order valence-corrected chi connectivity index (χ1v) is 4.56. The van der Waals surface area contributed by atoms with Crippen LogP contribution in [-0.4, -0.2) is 11.4 Å². The van der Waals surface area contributed by atoms with Gasteiger partial charge in [0.15, 0.2) is 6.29 Å². The van der Waals surface area contributed by atoms with Crippen LogP contribution in [0.4, 0.5) is 5.69 Å². The topological polar surface area (TPSA) is 63.3 Å². The van der Waals surface area contributed by atoms with Gasteiger partial charge in [0.1, 0.15) is 5.75 Å². The number of hydrogen-bond donors (Lipinski definition) is 2. The lowest BCUT2D eigenvalue weighted by atomic mass is 10.1. The molecular weight excluding hydrogens is 186 g/mol. The first-order valence-electron chi connectivity index (χ1n) is 3.68. The van der Waals surface area contributed by atoms with E-state index in [9.17, 15) is 9.90 Å². The van der Waals surface area contributed by atoms with Crippen LogP contribution in [-0.2, 0) is 0 Å². The number of fused-ring (bicyclic) bond motifs is 1. The fraction of sp³-hybridized carbons (Fsp3) is 0. The average molecular weight is 193 g/mol. The van der Waals surface area contributed by atoms with Gasteiger partial charge in [0, 0.05) is 17.1 Å². The molecule has 0 aliphatic heterocycles. The lowest BCUT2D eigenvalue weighted by Crippen LogP contribution is -1.88. The van der Waals surface area contributed by atoms with Crippen molar-refractivity contribution in [2.45, 2.75) is 0 Å². The molecule has 1 aromatic heterocycles. The Hall–Kier alpha value is -1.55. The second kappa shape index (κ2) is 2.74. The van der Waals surface area contributed by atoms with Crippen LogP contribution in [0.3, 0.4) is 0 Å². The number of thiophene rings is 1. The van der Waals surface area contributed by atoms with Gasteiger partial charge in [-0.2, -0.15) is 0 Å². The normalized spacial score (nSPS) is 10.5. The summed E-state index contributed by atoms with van der Waals surface area (Å²) in [4.78, 5) is 10.7. The summed E-state index contributed by atoms with van der Waals surface area (Å²) in [7, 11) is 0. The molecule has 13 heavy (non-hydrogen) atoms. The number of nitrogen functional groups attached to an aromatic ring is 1.